The predicted molar refractivity (Wildman–Crippen MR) is 106 cm³/mol. The Kier molecular flexibility index (Phi) is 5.39. The Labute approximate surface area is 164 Å². The lowest BCUT2D eigenvalue weighted by Gasteiger charge is -2.27. The molecule has 0 amide bonds. The van der Waals surface area contributed by atoms with E-state index in [1.165, 1.54) is 0 Å². The maximum atomic E-state index is 11.9. The Morgan fingerprint density at radius 1 is 1.30 bits per heavy atom. The van der Waals surface area contributed by atoms with E-state index in [1.807, 2.05) is 18.2 Å². The van der Waals surface area contributed by atoms with Gasteiger partial charge in [0.25, 0.3) is 0 Å². The number of rotatable bonds is 7. The topological polar surface area (TPSA) is 68.7 Å². The van der Waals surface area contributed by atoms with Crippen molar-refractivity contribution in [2.75, 3.05) is 24.8 Å². The van der Waals surface area contributed by atoms with Crippen LogP contribution in [0.4, 0.5) is 0 Å². The van der Waals surface area contributed by atoms with Crippen molar-refractivity contribution in [3.8, 4) is 22.1 Å². The van der Waals surface area contributed by atoms with Gasteiger partial charge in [0.05, 0.1) is 17.2 Å². The smallest absolute Gasteiger partial charge is 0.231 e. The standard InChI is InChI=1S/C19H24N2O4S2/c1-2-3-7-21(16-6-8-27(22,23)12-16)10-15-11-26-19(20-15)14-4-5-17-18(9-14)25-13-24-17/h4-5,9,11,16H,2-3,6-8,10,12-13H2,1H3. The molecule has 1 saturated heterocycles. The molecule has 27 heavy (non-hydrogen) atoms. The van der Waals surface area contributed by atoms with Gasteiger partial charge in [-0.1, -0.05) is 13.3 Å². The summed E-state index contributed by atoms with van der Waals surface area (Å²) in [4.78, 5) is 7.09. The molecule has 0 spiro atoms. The number of thiazole rings is 1. The highest BCUT2D eigenvalue weighted by molar-refractivity contribution is 7.91. The fraction of sp³-hybridized carbons (Fsp3) is 0.526. The molecule has 2 aromatic rings. The Hall–Kier alpha value is -1.64. The number of aromatic nitrogens is 1. The number of benzene rings is 1. The highest BCUT2D eigenvalue weighted by atomic mass is 32.2. The summed E-state index contributed by atoms with van der Waals surface area (Å²) < 4.78 is 34.6. The van der Waals surface area contributed by atoms with E-state index in [2.05, 4.69) is 17.2 Å². The van der Waals surface area contributed by atoms with E-state index in [9.17, 15) is 8.42 Å². The quantitative estimate of drug-likeness (QED) is 0.700. The van der Waals surface area contributed by atoms with Crippen LogP contribution in [0.15, 0.2) is 23.6 Å². The zero-order chi connectivity index (χ0) is 18.9. The number of sulfone groups is 1. The molecule has 8 heteroatoms. The van der Waals surface area contributed by atoms with Crippen molar-refractivity contribution in [3.05, 3.63) is 29.3 Å². The summed E-state index contributed by atoms with van der Waals surface area (Å²) in [5, 5.41) is 3.01. The molecule has 0 saturated carbocycles. The van der Waals surface area contributed by atoms with Crippen LogP contribution in [0.3, 0.4) is 0 Å². The Balaban J connectivity index is 1.49. The Morgan fingerprint density at radius 2 is 2.15 bits per heavy atom. The molecule has 0 radical (unpaired) electrons. The Bertz CT molecular complexity index is 910. The number of unbranched alkanes of at least 4 members (excludes halogenated alkanes) is 1. The summed E-state index contributed by atoms with van der Waals surface area (Å²) in [6.07, 6.45) is 2.89. The predicted octanol–water partition coefficient (Wildman–Crippen LogP) is 3.33. The van der Waals surface area contributed by atoms with Gasteiger partial charge in [-0.05, 0) is 37.6 Å². The van der Waals surface area contributed by atoms with Crippen LogP contribution in [0.5, 0.6) is 11.5 Å². The second-order valence-electron chi connectivity index (χ2n) is 7.09. The maximum absolute atomic E-state index is 11.9. The molecule has 146 valence electrons. The van der Waals surface area contributed by atoms with E-state index in [-0.39, 0.29) is 18.6 Å². The molecule has 6 nitrogen and oxygen atoms in total. The van der Waals surface area contributed by atoms with Gasteiger partial charge in [0.1, 0.15) is 5.01 Å². The van der Waals surface area contributed by atoms with Gasteiger partial charge < -0.3 is 9.47 Å². The van der Waals surface area contributed by atoms with E-state index < -0.39 is 9.84 Å². The van der Waals surface area contributed by atoms with Gasteiger partial charge in [-0.25, -0.2) is 13.4 Å². The first-order chi connectivity index (χ1) is 13.0. The summed E-state index contributed by atoms with van der Waals surface area (Å²) in [5.41, 5.74) is 2.01. The van der Waals surface area contributed by atoms with E-state index in [0.29, 0.717) is 12.3 Å². The summed E-state index contributed by atoms with van der Waals surface area (Å²) >= 11 is 1.60. The van der Waals surface area contributed by atoms with Crippen LogP contribution in [0.1, 0.15) is 31.9 Å². The zero-order valence-electron chi connectivity index (χ0n) is 15.4. The zero-order valence-corrected chi connectivity index (χ0v) is 17.0. The highest BCUT2D eigenvalue weighted by Gasteiger charge is 2.32. The minimum absolute atomic E-state index is 0.109. The number of nitrogens with zero attached hydrogens (tertiary/aromatic N) is 2. The van der Waals surface area contributed by atoms with Crippen LogP contribution in [-0.4, -0.2) is 49.2 Å². The minimum atomic E-state index is -2.89. The second-order valence-corrected chi connectivity index (χ2v) is 10.2. The molecule has 1 fully saturated rings. The Morgan fingerprint density at radius 3 is 2.93 bits per heavy atom. The molecule has 0 N–H and O–H groups in total. The SMILES string of the molecule is CCCCN(Cc1csc(-c2ccc3c(c2)OCO3)n1)C1CCS(=O)(=O)C1. The fourth-order valence-electron chi connectivity index (χ4n) is 3.57. The van der Waals surface area contributed by atoms with Crippen molar-refractivity contribution < 1.29 is 17.9 Å². The summed E-state index contributed by atoms with van der Waals surface area (Å²) in [6.45, 7) is 4.03. The summed E-state index contributed by atoms with van der Waals surface area (Å²) in [6, 6.07) is 5.98. The molecule has 4 rings (SSSR count). The molecular formula is C19H24N2O4S2. The van der Waals surface area contributed by atoms with Gasteiger partial charge in [-0.15, -0.1) is 11.3 Å². The van der Waals surface area contributed by atoms with Crippen LogP contribution >= 0.6 is 11.3 Å². The van der Waals surface area contributed by atoms with Gasteiger partial charge in [0.2, 0.25) is 6.79 Å². The van der Waals surface area contributed by atoms with E-state index in [1.54, 1.807) is 11.3 Å². The van der Waals surface area contributed by atoms with E-state index in [4.69, 9.17) is 14.5 Å². The van der Waals surface area contributed by atoms with Crippen LogP contribution in [0, 0.1) is 0 Å². The monoisotopic (exact) mass is 408 g/mol. The van der Waals surface area contributed by atoms with Gasteiger partial charge in [-0.2, -0.15) is 0 Å². The molecule has 0 bridgehead atoms. The van der Waals surface area contributed by atoms with Gasteiger partial charge in [-0.3, -0.25) is 4.90 Å². The summed E-state index contributed by atoms with van der Waals surface area (Å²) in [5.74, 6) is 2.10. The lowest BCUT2D eigenvalue weighted by molar-refractivity contribution is 0.174. The van der Waals surface area contributed by atoms with E-state index >= 15 is 0 Å². The lowest BCUT2D eigenvalue weighted by atomic mass is 10.2. The normalized spacial score (nSPS) is 20.4. The minimum Gasteiger partial charge on any atom is -0.454 e. The van der Waals surface area contributed by atoms with Crippen molar-refractivity contribution >= 4 is 21.2 Å². The number of hydrogen-bond acceptors (Lipinski definition) is 7. The highest BCUT2D eigenvalue weighted by Crippen LogP contribution is 2.36. The van der Waals surface area contributed by atoms with Gasteiger partial charge >= 0.3 is 0 Å². The van der Waals surface area contributed by atoms with Crippen molar-refractivity contribution in [1.29, 1.82) is 0 Å². The molecule has 1 aromatic carbocycles. The van der Waals surface area contributed by atoms with Crippen molar-refractivity contribution in [2.24, 2.45) is 0 Å². The molecule has 2 aliphatic rings. The molecular weight excluding hydrogens is 384 g/mol. The fourth-order valence-corrected chi connectivity index (χ4v) is 6.13. The third-order valence-electron chi connectivity index (χ3n) is 5.06. The average molecular weight is 409 g/mol. The molecule has 3 heterocycles. The lowest BCUT2D eigenvalue weighted by Crippen LogP contribution is -2.36. The van der Waals surface area contributed by atoms with Gasteiger partial charge in [0, 0.05) is 23.5 Å². The van der Waals surface area contributed by atoms with Crippen molar-refractivity contribution in [3.63, 3.8) is 0 Å². The average Bonchev–Trinajstić information content (AvgIpc) is 3.37. The van der Waals surface area contributed by atoms with Crippen molar-refractivity contribution in [1.82, 2.24) is 9.88 Å². The van der Waals surface area contributed by atoms with Crippen LogP contribution in [0.25, 0.3) is 10.6 Å². The summed E-state index contributed by atoms with van der Waals surface area (Å²) in [7, 11) is -2.89. The largest absolute Gasteiger partial charge is 0.454 e. The molecule has 0 aliphatic carbocycles. The molecule has 2 aliphatic heterocycles. The molecule has 1 atom stereocenters. The first-order valence-electron chi connectivity index (χ1n) is 9.33. The first kappa shape index (κ1) is 18.7. The van der Waals surface area contributed by atoms with Crippen LogP contribution in [0.2, 0.25) is 0 Å². The number of ether oxygens (including phenoxy) is 2. The number of fused-ring (bicyclic) bond motifs is 1. The first-order valence-corrected chi connectivity index (χ1v) is 12.0. The second kappa shape index (κ2) is 7.77. The third-order valence-corrected chi connectivity index (χ3v) is 7.75. The third kappa shape index (κ3) is 4.28. The molecule has 1 aromatic heterocycles. The van der Waals surface area contributed by atoms with Crippen molar-refractivity contribution in [2.45, 2.75) is 38.8 Å². The maximum Gasteiger partial charge on any atom is 0.231 e. The van der Waals surface area contributed by atoms with Crippen LogP contribution < -0.4 is 9.47 Å². The van der Waals surface area contributed by atoms with Gasteiger partial charge in [0.15, 0.2) is 21.3 Å². The number of hydrogen-bond donors (Lipinski definition) is 0. The molecule has 1 unspecified atom stereocenters. The van der Waals surface area contributed by atoms with E-state index in [0.717, 1.165) is 53.6 Å². The van der Waals surface area contributed by atoms with Crippen LogP contribution in [-0.2, 0) is 16.4 Å².